The summed E-state index contributed by atoms with van der Waals surface area (Å²) in [4.78, 5) is 12.4. The van der Waals surface area contributed by atoms with Crippen molar-refractivity contribution in [2.45, 2.75) is 16.4 Å². The fourth-order valence-electron chi connectivity index (χ4n) is 1.82. The molecule has 1 N–H and O–H groups in total. The van der Waals surface area contributed by atoms with Crippen LogP contribution in [0.4, 0.5) is 4.79 Å². The van der Waals surface area contributed by atoms with E-state index in [1.807, 2.05) is 30.3 Å². The van der Waals surface area contributed by atoms with Crippen LogP contribution in [-0.4, -0.2) is 32.6 Å². The molecule has 0 bridgehead atoms. The van der Waals surface area contributed by atoms with Crippen molar-refractivity contribution in [2.24, 2.45) is 0 Å². The molecule has 0 radical (unpaired) electrons. The van der Waals surface area contributed by atoms with Crippen LogP contribution in [-0.2, 0) is 6.42 Å². The van der Waals surface area contributed by atoms with Crippen molar-refractivity contribution in [3.05, 3.63) is 35.9 Å². The van der Waals surface area contributed by atoms with Gasteiger partial charge in [0.05, 0.1) is 6.04 Å². The number of amides is 1. The zero-order valence-corrected chi connectivity index (χ0v) is 10.3. The van der Waals surface area contributed by atoms with Crippen LogP contribution in [0, 0.1) is 0 Å². The van der Waals surface area contributed by atoms with E-state index in [2.05, 4.69) is 22.6 Å². The Labute approximate surface area is 102 Å². The number of nitrogens with zero attached hydrogens (tertiary/aromatic N) is 1. The van der Waals surface area contributed by atoms with Crippen LogP contribution in [0.1, 0.15) is 5.56 Å². The number of hydrogen-bond acceptors (Lipinski definition) is 1. The number of hydrogen-bond donors (Lipinski definition) is 1. The number of carbonyl (C=O) groups is 1. The molecule has 1 fully saturated rings. The normalized spacial score (nSPS) is 24.7. The fourth-order valence-corrected chi connectivity index (χ4v) is 2.88. The fraction of sp³-hybridized carbons (Fsp3) is 0.364. The molecule has 0 aromatic heterocycles. The number of halogens is 1. The maximum absolute atomic E-state index is 10.9. The molecule has 1 saturated heterocycles. The van der Waals surface area contributed by atoms with Gasteiger partial charge < -0.3 is 10.0 Å². The van der Waals surface area contributed by atoms with Crippen LogP contribution < -0.4 is 0 Å². The number of alkyl halides is 1. The molecule has 0 saturated carbocycles. The molecule has 0 aliphatic carbocycles. The number of carboxylic acid groups (broad SMARTS) is 1. The van der Waals surface area contributed by atoms with Crippen LogP contribution >= 0.6 is 22.6 Å². The minimum atomic E-state index is -0.802. The van der Waals surface area contributed by atoms with Crippen molar-refractivity contribution in [1.29, 1.82) is 0 Å². The molecule has 1 aliphatic rings. The maximum atomic E-state index is 10.9. The van der Waals surface area contributed by atoms with Gasteiger partial charge in [-0.15, -0.1) is 0 Å². The van der Waals surface area contributed by atoms with Crippen LogP contribution in [0.25, 0.3) is 0 Å². The molecular formula is C11H12INO2. The highest BCUT2D eigenvalue weighted by Gasteiger charge is 2.40. The van der Waals surface area contributed by atoms with Gasteiger partial charge in [0.2, 0.25) is 0 Å². The van der Waals surface area contributed by atoms with E-state index >= 15 is 0 Å². The molecule has 2 atom stereocenters. The molecule has 2 rings (SSSR count). The van der Waals surface area contributed by atoms with Gasteiger partial charge >= 0.3 is 6.09 Å². The van der Waals surface area contributed by atoms with Crippen LogP contribution in [0.5, 0.6) is 0 Å². The minimum Gasteiger partial charge on any atom is -0.465 e. The Morgan fingerprint density at radius 2 is 2.13 bits per heavy atom. The summed E-state index contributed by atoms with van der Waals surface area (Å²) < 4.78 is 0.443. The Bertz CT molecular complexity index is 355. The van der Waals surface area contributed by atoms with E-state index < -0.39 is 6.09 Å². The highest BCUT2D eigenvalue weighted by atomic mass is 127. The molecule has 80 valence electrons. The second kappa shape index (κ2) is 4.38. The third-order valence-corrected chi connectivity index (χ3v) is 3.95. The van der Waals surface area contributed by atoms with Gasteiger partial charge in [-0.1, -0.05) is 52.9 Å². The van der Waals surface area contributed by atoms with Gasteiger partial charge in [-0.25, -0.2) is 4.79 Å². The molecule has 1 heterocycles. The van der Waals surface area contributed by atoms with Gasteiger partial charge in [0.25, 0.3) is 0 Å². The summed E-state index contributed by atoms with van der Waals surface area (Å²) in [5, 5.41) is 8.92. The molecule has 15 heavy (non-hydrogen) atoms. The van der Waals surface area contributed by atoms with E-state index in [0.29, 0.717) is 10.5 Å². The zero-order valence-electron chi connectivity index (χ0n) is 8.14. The highest BCUT2D eigenvalue weighted by molar-refractivity contribution is 14.1. The van der Waals surface area contributed by atoms with Gasteiger partial charge in [-0.3, -0.25) is 0 Å². The van der Waals surface area contributed by atoms with Crippen molar-refractivity contribution >= 4 is 28.7 Å². The van der Waals surface area contributed by atoms with E-state index in [0.717, 1.165) is 6.42 Å². The lowest BCUT2D eigenvalue weighted by Gasteiger charge is -2.43. The molecule has 0 spiro atoms. The highest BCUT2D eigenvalue weighted by Crippen LogP contribution is 2.28. The van der Waals surface area contributed by atoms with Crippen LogP contribution in [0.3, 0.4) is 0 Å². The van der Waals surface area contributed by atoms with Crippen molar-refractivity contribution in [1.82, 2.24) is 4.90 Å². The second-order valence-electron chi connectivity index (χ2n) is 3.71. The molecule has 1 aliphatic heterocycles. The average molecular weight is 317 g/mol. The first-order valence-corrected chi connectivity index (χ1v) is 6.10. The molecule has 1 aromatic rings. The third kappa shape index (κ3) is 2.25. The van der Waals surface area contributed by atoms with Gasteiger partial charge in [-0.2, -0.15) is 0 Å². The lowest BCUT2D eigenvalue weighted by Crippen LogP contribution is -2.60. The molecular weight excluding hydrogens is 305 g/mol. The van der Waals surface area contributed by atoms with Crippen molar-refractivity contribution in [2.75, 3.05) is 6.54 Å². The third-order valence-electron chi connectivity index (χ3n) is 2.72. The first-order chi connectivity index (χ1) is 7.18. The average Bonchev–Trinajstić information content (AvgIpc) is 2.23. The monoisotopic (exact) mass is 317 g/mol. The summed E-state index contributed by atoms with van der Waals surface area (Å²) in [5.41, 5.74) is 1.20. The van der Waals surface area contributed by atoms with Gasteiger partial charge in [0, 0.05) is 10.5 Å². The topological polar surface area (TPSA) is 40.5 Å². The van der Waals surface area contributed by atoms with Crippen molar-refractivity contribution in [3.8, 4) is 0 Å². The van der Waals surface area contributed by atoms with Crippen LogP contribution in [0.2, 0.25) is 0 Å². The van der Waals surface area contributed by atoms with Crippen LogP contribution in [0.15, 0.2) is 30.3 Å². The summed E-state index contributed by atoms with van der Waals surface area (Å²) >= 11 is 2.33. The Kier molecular flexibility index (Phi) is 3.14. The second-order valence-corrected chi connectivity index (χ2v) is 5.31. The molecule has 3 nitrogen and oxygen atoms in total. The van der Waals surface area contributed by atoms with Gasteiger partial charge in [0.1, 0.15) is 0 Å². The minimum absolute atomic E-state index is 0.144. The zero-order chi connectivity index (χ0) is 10.8. The molecule has 2 unspecified atom stereocenters. The summed E-state index contributed by atoms with van der Waals surface area (Å²) in [6, 6.07) is 10.2. The quantitative estimate of drug-likeness (QED) is 0.672. The lowest BCUT2D eigenvalue weighted by atomic mass is 9.96. The van der Waals surface area contributed by atoms with Crippen molar-refractivity contribution < 1.29 is 9.90 Å². The smallest absolute Gasteiger partial charge is 0.407 e. The predicted octanol–water partition coefficient (Wildman–Crippen LogP) is 2.39. The Morgan fingerprint density at radius 3 is 2.67 bits per heavy atom. The Morgan fingerprint density at radius 1 is 1.47 bits per heavy atom. The standard InChI is InChI=1S/C11H12INO2/c12-9-7-13(11(14)15)10(9)6-8-4-2-1-3-5-8/h1-5,9-10H,6-7H2,(H,14,15). The predicted molar refractivity (Wildman–Crippen MR) is 66.5 cm³/mol. The summed E-state index contributed by atoms with van der Waals surface area (Å²) in [6.45, 7) is 0.660. The summed E-state index contributed by atoms with van der Waals surface area (Å²) in [7, 11) is 0. The van der Waals surface area contributed by atoms with E-state index in [1.54, 1.807) is 0 Å². The maximum Gasteiger partial charge on any atom is 0.407 e. The van der Waals surface area contributed by atoms with E-state index in [-0.39, 0.29) is 6.04 Å². The molecule has 4 heteroatoms. The first kappa shape index (κ1) is 10.7. The largest absolute Gasteiger partial charge is 0.465 e. The van der Waals surface area contributed by atoms with E-state index in [4.69, 9.17) is 5.11 Å². The summed E-state index contributed by atoms with van der Waals surface area (Å²) in [5.74, 6) is 0. The molecule has 1 amide bonds. The number of benzene rings is 1. The molecule has 1 aromatic carbocycles. The number of likely N-dealkylation sites (tertiary alicyclic amines) is 1. The van der Waals surface area contributed by atoms with Gasteiger partial charge in [-0.05, 0) is 12.0 Å². The Balaban J connectivity index is 2.02. The Hall–Kier alpha value is -0.780. The van der Waals surface area contributed by atoms with E-state index in [1.165, 1.54) is 10.5 Å². The SMILES string of the molecule is O=C(O)N1CC(I)C1Cc1ccccc1. The first-order valence-electron chi connectivity index (χ1n) is 4.86. The lowest BCUT2D eigenvalue weighted by molar-refractivity contribution is 0.0849. The van der Waals surface area contributed by atoms with Gasteiger partial charge in [0.15, 0.2) is 0 Å². The van der Waals surface area contributed by atoms with Crippen molar-refractivity contribution in [3.63, 3.8) is 0 Å². The number of rotatable bonds is 2. The van der Waals surface area contributed by atoms with E-state index in [9.17, 15) is 4.79 Å². The summed E-state index contributed by atoms with van der Waals surface area (Å²) in [6.07, 6.45) is 0.0182.